The largest absolute Gasteiger partial charge is 0.375 e. The van der Waals surface area contributed by atoms with Crippen LogP contribution in [0, 0.1) is 5.92 Å². The molecular formula is C16H31NO. The highest BCUT2D eigenvalue weighted by atomic mass is 16.5. The van der Waals surface area contributed by atoms with E-state index in [1.807, 2.05) is 0 Å². The Hall–Kier alpha value is -0.0800. The number of hydrogen-bond acceptors (Lipinski definition) is 2. The van der Waals surface area contributed by atoms with Gasteiger partial charge in [0.05, 0.1) is 12.7 Å². The molecule has 1 aliphatic heterocycles. The second-order valence-electron chi connectivity index (χ2n) is 6.13. The average Bonchev–Trinajstić information content (AvgIpc) is 2.40. The van der Waals surface area contributed by atoms with Gasteiger partial charge in [-0.05, 0) is 18.8 Å². The molecule has 2 rings (SSSR count). The Bertz CT molecular complexity index is 189. The van der Waals surface area contributed by atoms with E-state index in [1.165, 1.54) is 70.6 Å². The monoisotopic (exact) mass is 253 g/mol. The van der Waals surface area contributed by atoms with Crippen LogP contribution in [0.1, 0.15) is 70.6 Å². The quantitative estimate of drug-likeness (QED) is 0.765. The van der Waals surface area contributed by atoms with Crippen molar-refractivity contribution in [2.45, 2.75) is 76.7 Å². The molecule has 0 bridgehead atoms. The summed E-state index contributed by atoms with van der Waals surface area (Å²) >= 11 is 0. The maximum Gasteiger partial charge on any atom is 0.0728 e. The lowest BCUT2D eigenvalue weighted by Gasteiger charge is -2.31. The van der Waals surface area contributed by atoms with Crippen molar-refractivity contribution in [3.63, 3.8) is 0 Å². The third kappa shape index (κ3) is 5.27. The van der Waals surface area contributed by atoms with E-state index in [2.05, 4.69) is 5.32 Å². The summed E-state index contributed by atoms with van der Waals surface area (Å²) in [6, 6.07) is 0. The van der Waals surface area contributed by atoms with Crippen LogP contribution in [-0.2, 0) is 4.74 Å². The van der Waals surface area contributed by atoms with Crippen molar-refractivity contribution in [1.29, 1.82) is 0 Å². The molecule has 0 radical (unpaired) electrons. The van der Waals surface area contributed by atoms with Gasteiger partial charge in [-0.15, -0.1) is 0 Å². The number of morpholine rings is 1. The number of nitrogens with one attached hydrogen (secondary N) is 1. The minimum Gasteiger partial charge on any atom is -0.375 e. The van der Waals surface area contributed by atoms with Crippen LogP contribution in [-0.4, -0.2) is 25.8 Å². The van der Waals surface area contributed by atoms with Gasteiger partial charge in [-0.2, -0.15) is 0 Å². The molecule has 106 valence electrons. The molecule has 1 atom stereocenters. The Labute approximate surface area is 113 Å². The van der Waals surface area contributed by atoms with E-state index in [4.69, 9.17) is 4.74 Å². The van der Waals surface area contributed by atoms with Gasteiger partial charge in [0.2, 0.25) is 0 Å². The minimum atomic E-state index is 0.502. The summed E-state index contributed by atoms with van der Waals surface area (Å²) in [7, 11) is 0. The molecule has 1 aliphatic carbocycles. The van der Waals surface area contributed by atoms with Crippen LogP contribution in [0.2, 0.25) is 0 Å². The first-order chi connectivity index (χ1) is 8.97. The first kappa shape index (κ1) is 14.3. The van der Waals surface area contributed by atoms with E-state index >= 15 is 0 Å². The van der Waals surface area contributed by atoms with E-state index in [-0.39, 0.29) is 0 Å². The van der Waals surface area contributed by atoms with Crippen molar-refractivity contribution in [3.8, 4) is 0 Å². The zero-order chi connectivity index (χ0) is 12.5. The molecule has 1 heterocycles. The average molecular weight is 253 g/mol. The van der Waals surface area contributed by atoms with Gasteiger partial charge in [-0.25, -0.2) is 0 Å². The summed E-state index contributed by atoms with van der Waals surface area (Å²) in [4.78, 5) is 0. The maximum absolute atomic E-state index is 5.98. The first-order valence-corrected chi connectivity index (χ1v) is 8.29. The fourth-order valence-corrected chi connectivity index (χ4v) is 3.46. The van der Waals surface area contributed by atoms with Gasteiger partial charge in [-0.1, -0.05) is 57.8 Å². The standard InChI is InChI=1S/C16H31NO/c1-2-4-6-8-10-15(11-9-7-5-3-1)16-14-17-12-13-18-16/h15-17H,1-14H2. The summed E-state index contributed by atoms with van der Waals surface area (Å²) in [5.74, 6) is 0.817. The molecule has 18 heavy (non-hydrogen) atoms. The second kappa shape index (κ2) is 8.92. The topological polar surface area (TPSA) is 21.3 Å². The molecule has 2 nitrogen and oxygen atoms in total. The molecule has 1 unspecified atom stereocenters. The van der Waals surface area contributed by atoms with Crippen molar-refractivity contribution in [2.75, 3.05) is 19.7 Å². The first-order valence-electron chi connectivity index (χ1n) is 8.29. The third-order valence-corrected chi connectivity index (χ3v) is 4.63. The summed E-state index contributed by atoms with van der Waals surface area (Å²) in [6.07, 6.45) is 16.3. The van der Waals surface area contributed by atoms with Crippen molar-refractivity contribution in [3.05, 3.63) is 0 Å². The predicted octanol–water partition coefficient (Wildman–Crippen LogP) is 3.90. The Morgan fingerprint density at radius 3 is 1.78 bits per heavy atom. The molecule has 1 saturated carbocycles. The summed E-state index contributed by atoms with van der Waals surface area (Å²) in [5.41, 5.74) is 0. The van der Waals surface area contributed by atoms with Crippen LogP contribution in [0.3, 0.4) is 0 Å². The van der Waals surface area contributed by atoms with Gasteiger partial charge in [-0.3, -0.25) is 0 Å². The van der Waals surface area contributed by atoms with Gasteiger partial charge in [0, 0.05) is 13.1 Å². The number of ether oxygens (including phenoxy) is 1. The van der Waals surface area contributed by atoms with Crippen molar-refractivity contribution >= 4 is 0 Å². The van der Waals surface area contributed by atoms with Crippen LogP contribution in [0.4, 0.5) is 0 Å². The van der Waals surface area contributed by atoms with E-state index in [1.54, 1.807) is 0 Å². The molecule has 0 aromatic heterocycles. The second-order valence-corrected chi connectivity index (χ2v) is 6.13. The van der Waals surface area contributed by atoms with Crippen molar-refractivity contribution in [1.82, 2.24) is 5.32 Å². The van der Waals surface area contributed by atoms with E-state index in [0.29, 0.717) is 6.10 Å². The van der Waals surface area contributed by atoms with E-state index in [9.17, 15) is 0 Å². The van der Waals surface area contributed by atoms with Crippen LogP contribution in [0.25, 0.3) is 0 Å². The van der Waals surface area contributed by atoms with Crippen LogP contribution < -0.4 is 5.32 Å². The zero-order valence-electron chi connectivity index (χ0n) is 12.0. The van der Waals surface area contributed by atoms with Crippen LogP contribution >= 0.6 is 0 Å². The molecule has 0 spiro atoms. The van der Waals surface area contributed by atoms with Gasteiger partial charge in [0.15, 0.2) is 0 Å². The Morgan fingerprint density at radius 1 is 0.722 bits per heavy atom. The Kier molecular flexibility index (Phi) is 7.11. The SMILES string of the molecule is C1CCCCCC(C2CNCCO2)CCCCC1. The fraction of sp³-hybridized carbons (Fsp3) is 1.00. The molecule has 0 amide bonds. The van der Waals surface area contributed by atoms with E-state index < -0.39 is 0 Å². The number of hydrogen-bond donors (Lipinski definition) is 1. The van der Waals surface area contributed by atoms with Crippen LogP contribution in [0.15, 0.2) is 0 Å². The molecule has 1 saturated heterocycles. The van der Waals surface area contributed by atoms with Gasteiger partial charge >= 0.3 is 0 Å². The fourth-order valence-electron chi connectivity index (χ4n) is 3.46. The highest BCUT2D eigenvalue weighted by molar-refractivity contribution is 4.76. The lowest BCUT2D eigenvalue weighted by Crippen LogP contribution is -2.42. The van der Waals surface area contributed by atoms with Crippen molar-refractivity contribution < 1.29 is 4.74 Å². The molecule has 0 aromatic rings. The molecule has 0 aromatic carbocycles. The zero-order valence-corrected chi connectivity index (χ0v) is 12.0. The Balaban J connectivity index is 1.76. The van der Waals surface area contributed by atoms with E-state index in [0.717, 1.165) is 25.6 Å². The molecule has 2 aliphatic rings. The van der Waals surface area contributed by atoms with Crippen molar-refractivity contribution in [2.24, 2.45) is 5.92 Å². The lowest BCUT2D eigenvalue weighted by atomic mass is 9.88. The van der Waals surface area contributed by atoms with Gasteiger partial charge < -0.3 is 10.1 Å². The summed E-state index contributed by atoms with van der Waals surface area (Å²) < 4.78 is 5.98. The number of rotatable bonds is 1. The summed E-state index contributed by atoms with van der Waals surface area (Å²) in [6.45, 7) is 3.05. The molecule has 2 fully saturated rings. The van der Waals surface area contributed by atoms with Crippen LogP contribution in [0.5, 0.6) is 0 Å². The smallest absolute Gasteiger partial charge is 0.0728 e. The third-order valence-electron chi connectivity index (χ3n) is 4.63. The maximum atomic E-state index is 5.98. The highest BCUT2D eigenvalue weighted by Crippen LogP contribution is 2.25. The molecule has 2 heteroatoms. The predicted molar refractivity (Wildman–Crippen MR) is 76.9 cm³/mol. The molecule has 1 N–H and O–H groups in total. The van der Waals surface area contributed by atoms with Gasteiger partial charge in [0.25, 0.3) is 0 Å². The minimum absolute atomic E-state index is 0.502. The summed E-state index contributed by atoms with van der Waals surface area (Å²) in [5, 5.41) is 3.49. The van der Waals surface area contributed by atoms with Gasteiger partial charge in [0.1, 0.15) is 0 Å². The Morgan fingerprint density at radius 2 is 1.28 bits per heavy atom. The molecular weight excluding hydrogens is 222 g/mol. The highest BCUT2D eigenvalue weighted by Gasteiger charge is 2.23. The normalized spacial score (nSPS) is 30.3. The lowest BCUT2D eigenvalue weighted by molar-refractivity contribution is -0.0151.